The van der Waals surface area contributed by atoms with Crippen LogP contribution in [-0.2, 0) is 4.79 Å². The van der Waals surface area contributed by atoms with E-state index in [1.807, 2.05) is 0 Å². The second-order valence-corrected chi connectivity index (χ2v) is 6.24. The fraction of sp³-hybridized carbons (Fsp3) is 0.263. The summed E-state index contributed by atoms with van der Waals surface area (Å²) < 4.78 is 39.1. The van der Waals surface area contributed by atoms with Crippen molar-refractivity contribution in [2.75, 3.05) is 6.54 Å². The predicted octanol–water partition coefficient (Wildman–Crippen LogP) is 3.09. The lowest BCUT2D eigenvalue weighted by Gasteiger charge is -2.05. The molecule has 2 atom stereocenters. The van der Waals surface area contributed by atoms with Gasteiger partial charge in [0.15, 0.2) is 11.6 Å². The first-order valence-electron chi connectivity index (χ1n) is 8.21. The maximum Gasteiger partial charge on any atom is 0.254 e. The molecule has 0 aliphatic heterocycles. The Hall–Kier alpha value is -2.67. The van der Waals surface area contributed by atoms with E-state index in [9.17, 15) is 18.0 Å². The highest BCUT2D eigenvalue weighted by Gasteiger charge is 2.38. The molecule has 0 unspecified atom stereocenters. The summed E-state index contributed by atoms with van der Waals surface area (Å²) in [5, 5.41) is 7.05. The predicted molar refractivity (Wildman–Crippen MR) is 92.3 cm³/mol. The molecule has 0 radical (unpaired) electrons. The van der Waals surface area contributed by atoms with Crippen molar-refractivity contribution in [1.29, 1.82) is 0 Å². The third-order valence-corrected chi connectivity index (χ3v) is 4.30. The SMILES string of the molecule is C/C(=N\NC(=O)CN[C@@H]1C[C@H]1c1ccc(F)c(F)c1)c1ccc(F)cc1. The van der Waals surface area contributed by atoms with Crippen molar-refractivity contribution in [1.82, 2.24) is 10.7 Å². The number of nitrogens with zero attached hydrogens (tertiary/aromatic N) is 1. The van der Waals surface area contributed by atoms with Crippen LogP contribution in [-0.4, -0.2) is 24.2 Å². The molecule has 136 valence electrons. The summed E-state index contributed by atoms with van der Waals surface area (Å²) in [6, 6.07) is 9.71. The molecular weight excluding hydrogens is 343 g/mol. The molecule has 26 heavy (non-hydrogen) atoms. The Kier molecular flexibility index (Phi) is 5.37. The zero-order chi connectivity index (χ0) is 18.7. The van der Waals surface area contributed by atoms with Crippen molar-refractivity contribution in [2.24, 2.45) is 5.10 Å². The smallest absolute Gasteiger partial charge is 0.254 e. The molecule has 0 bridgehead atoms. The Balaban J connectivity index is 1.45. The van der Waals surface area contributed by atoms with Crippen molar-refractivity contribution in [3.63, 3.8) is 0 Å². The molecule has 3 rings (SSSR count). The zero-order valence-electron chi connectivity index (χ0n) is 14.1. The summed E-state index contributed by atoms with van der Waals surface area (Å²) in [5.74, 6) is -2.32. The quantitative estimate of drug-likeness (QED) is 0.614. The lowest BCUT2D eigenvalue weighted by atomic mass is 10.1. The van der Waals surface area contributed by atoms with Gasteiger partial charge in [-0.3, -0.25) is 4.79 Å². The Bertz CT molecular complexity index is 836. The summed E-state index contributed by atoms with van der Waals surface area (Å²) in [4.78, 5) is 11.9. The van der Waals surface area contributed by atoms with E-state index in [1.54, 1.807) is 25.1 Å². The van der Waals surface area contributed by atoms with E-state index < -0.39 is 11.6 Å². The average Bonchev–Trinajstić information content (AvgIpc) is 3.40. The van der Waals surface area contributed by atoms with Gasteiger partial charge in [-0.05, 0) is 48.7 Å². The van der Waals surface area contributed by atoms with Crippen LogP contribution >= 0.6 is 0 Å². The Morgan fingerprint density at radius 1 is 1.12 bits per heavy atom. The van der Waals surface area contributed by atoms with Crippen molar-refractivity contribution in [2.45, 2.75) is 25.3 Å². The number of hydrogen-bond acceptors (Lipinski definition) is 3. The molecule has 4 nitrogen and oxygen atoms in total. The highest BCUT2D eigenvalue weighted by molar-refractivity contribution is 5.99. The van der Waals surface area contributed by atoms with Crippen LogP contribution in [0, 0.1) is 17.5 Å². The van der Waals surface area contributed by atoms with E-state index in [0.717, 1.165) is 12.5 Å². The third-order valence-electron chi connectivity index (χ3n) is 4.30. The van der Waals surface area contributed by atoms with Crippen LogP contribution in [0.1, 0.15) is 30.4 Å². The molecule has 0 aromatic heterocycles. The van der Waals surface area contributed by atoms with Gasteiger partial charge >= 0.3 is 0 Å². The highest BCUT2D eigenvalue weighted by atomic mass is 19.2. The number of amides is 1. The molecular formula is C19H18F3N3O. The maximum atomic E-state index is 13.3. The topological polar surface area (TPSA) is 53.5 Å². The summed E-state index contributed by atoms with van der Waals surface area (Å²) in [5.41, 5.74) is 4.42. The van der Waals surface area contributed by atoms with Gasteiger partial charge in [0.25, 0.3) is 5.91 Å². The van der Waals surface area contributed by atoms with Gasteiger partial charge in [0, 0.05) is 12.0 Å². The second kappa shape index (κ2) is 7.70. The number of halogens is 3. The molecule has 0 heterocycles. The molecule has 2 aromatic rings. The molecule has 0 saturated heterocycles. The van der Waals surface area contributed by atoms with Gasteiger partial charge < -0.3 is 5.32 Å². The molecule has 7 heteroatoms. The number of benzene rings is 2. The minimum absolute atomic E-state index is 0.0489. The van der Waals surface area contributed by atoms with Crippen molar-refractivity contribution in [3.8, 4) is 0 Å². The van der Waals surface area contributed by atoms with Crippen molar-refractivity contribution in [3.05, 3.63) is 71.0 Å². The highest BCUT2D eigenvalue weighted by Crippen LogP contribution is 2.40. The van der Waals surface area contributed by atoms with E-state index in [0.29, 0.717) is 16.8 Å². The number of nitrogens with one attached hydrogen (secondary N) is 2. The Labute approximate surface area is 149 Å². The van der Waals surface area contributed by atoms with Gasteiger partial charge in [0.05, 0.1) is 12.3 Å². The van der Waals surface area contributed by atoms with Crippen LogP contribution in [0.2, 0.25) is 0 Å². The normalized spacial score (nSPS) is 19.3. The van der Waals surface area contributed by atoms with Gasteiger partial charge in [0.1, 0.15) is 5.82 Å². The van der Waals surface area contributed by atoms with Crippen LogP contribution in [0.5, 0.6) is 0 Å². The fourth-order valence-corrected chi connectivity index (χ4v) is 2.70. The summed E-state index contributed by atoms with van der Waals surface area (Å²) in [6.45, 7) is 1.77. The van der Waals surface area contributed by atoms with Crippen LogP contribution in [0.25, 0.3) is 0 Å². The Morgan fingerprint density at radius 3 is 2.54 bits per heavy atom. The second-order valence-electron chi connectivity index (χ2n) is 6.24. The first-order valence-corrected chi connectivity index (χ1v) is 8.21. The summed E-state index contributed by atoms with van der Waals surface area (Å²) >= 11 is 0. The zero-order valence-corrected chi connectivity index (χ0v) is 14.1. The number of hydrazone groups is 1. The molecule has 1 amide bonds. The van der Waals surface area contributed by atoms with E-state index >= 15 is 0 Å². The number of hydrogen-bond donors (Lipinski definition) is 2. The molecule has 1 aliphatic carbocycles. The molecule has 1 saturated carbocycles. The monoisotopic (exact) mass is 361 g/mol. The van der Waals surface area contributed by atoms with E-state index in [1.165, 1.54) is 18.2 Å². The van der Waals surface area contributed by atoms with E-state index in [4.69, 9.17) is 0 Å². The molecule has 2 aromatic carbocycles. The number of carbonyl (C=O) groups excluding carboxylic acids is 1. The van der Waals surface area contributed by atoms with E-state index in [2.05, 4.69) is 15.8 Å². The largest absolute Gasteiger partial charge is 0.305 e. The lowest BCUT2D eigenvalue weighted by molar-refractivity contribution is -0.120. The molecule has 1 aliphatic rings. The van der Waals surface area contributed by atoms with Crippen LogP contribution in [0.15, 0.2) is 47.6 Å². The van der Waals surface area contributed by atoms with Crippen LogP contribution in [0.3, 0.4) is 0 Å². The Morgan fingerprint density at radius 2 is 1.85 bits per heavy atom. The number of carbonyl (C=O) groups is 1. The van der Waals surface area contributed by atoms with Gasteiger partial charge in [-0.2, -0.15) is 5.10 Å². The van der Waals surface area contributed by atoms with Crippen molar-refractivity contribution < 1.29 is 18.0 Å². The molecule has 1 fully saturated rings. The lowest BCUT2D eigenvalue weighted by Crippen LogP contribution is -2.33. The first kappa shape index (κ1) is 18.1. The minimum atomic E-state index is -0.868. The van der Waals surface area contributed by atoms with E-state index in [-0.39, 0.29) is 30.2 Å². The van der Waals surface area contributed by atoms with Crippen LogP contribution < -0.4 is 10.7 Å². The molecule has 2 N–H and O–H groups in total. The summed E-state index contributed by atoms with van der Waals surface area (Å²) in [7, 11) is 0. The van der Waals surface area contributed by atoms with Gasteiger partial charge in [-0.1, -0.05) is 18.2 Å². The van der Waals surface area contributed by atoms with Crippen molar-refractivity contribution >= 4 is 11.6 Å². The average molecular weight is 361 g/mol. The van der Waals surface area contributed by atoms with Gasteiger partial charge in [-0.25, -0.2) is 18.6 Å². The third kappa shape index (κ3) is 4.49. The molecule has 0 spiro atoms. The number of rotatable bonds is 6. The van der Waals surface area contributed by atoms with Gasteiger partial charge in [-0.15, -0.1) is 0 Å². The van der Waals surface area contributed by atoms with Crippen LogP contribution in [0.4, 0.5) is 13.2 Å². The first-order chi connectivity index (χ1) is 12.4. The fourth-order valence-electron chi connectivity index (χ4n) is 2.70. The maximum absolute atomic E-state index is 13.3. The van der Waals surface area contributed by atoms with Gasteiger partial charge in [0.2, 0.25) is 0 Å². The standard InChI is InChI=1S/C19H18F3N3O/c1-11(12-2-5-14(20)6-3-12)24-25-19(26)10-23-18-9-15(18)13-4-7-16(21)17(22)8-13/h2-8,15,18,23H,9-10H2,1H3,(H,25,26)/b24-11+/t15-,18+/m0/s1. The minimum Gasteiger partial charge on any atom is -0.305 e. The summed E-state index contributed by atoms with van der Waals surface area (Å²) in [6.07, 6.45) is 0.760.